The lowest BCUT2D eigenvalue weighted by Gasteiger charge is -2.39. The summed E-state index contributed by atoms with van der Waals surface area (Å²) in [4.78, 5) is 29.9. The molecule has 2 amide bonds. The number of ether oxygens (including phenoxy) is 2. The molecule has 178 valence electrons. The summed E-state index contributed by atoms with van der Waals surface area (Å²) < 4.78 is 17.5. The van der Waals surface area contributed by atoms with Crippen LogP contribution in [0, 0.1) is 5.92 Å². The summed E-state index contributed by atoms with van der Waals surface area (Å²) in [7, 11) is 0. The van der Waals surface area contributed by atoms with Crippen molar-refractivity contribution in [3.05, 3.63) is 65.4 Å². The molecule has 0 N–H and O–H groups in total. The number of carbonyl (C=O) groups excluding carboxylic acids is 2. The van der Waals surface area contributed by atoms with E-state index < -0.39 is 0 Å². The normalized spacial score (nSPS) is 21.0. The van der Waals surface area contributed by atoms with Crippen molar-refractivity contribution in [2.45, 2.75) is 18.9 Å². The predicted octanol–water partition coefficient (Wildman–Crippen LogP) is 4.24. The van der Waals surface area contributed by atoms with E-state index in [-0.39, 0.29) is 29.6 Å². The van der Waals surface area contributed by atoms with E-state index in [1.165, 1.54) is 0 Å². The molecule has 3 heterocycles. The van der Waals surface area contributed by atoms with E-state index in [9.17, 15) is 9.59 Å². The van der Waals surface area contributed by atoms with Crippen molar-refractivity contribution >= 4 is 34.4 Å². The van der Waals surface area contributed by atoms with Crippen LogP contribution in [0.25, 0.3) is 11.0 Å². The van der Waals surface area contributed by atoms with Crippen LogP contribution in [0.15, 0.2) is 59.0 Å². The molecule has 7 nitrogen and oxygen atoms in total. The highest BCUT2D eigenvalue weighted by Gasteiger charge is 2.36. The van der Waals surface area contributed by atoms with Crippen molar-refractivity contribution in [1.82, 2.24) is 9.80 Å². The number of likely N-dealkylation sites (tertiary alicyclic amines) is 1. The van der Waals surface area contributed by atoms with E-state index in [1.54, 1.807) is 29.2 Å². The number of furan rings is 1. The Labute approximate surface area is 203 Å². The molecule has 2 saturated heterocycles. The third kappa shape index (κ3) is 5.05. The van der Waals surface area contributed by atoms with Crippen LogP contribution in [-0.2, 0) is 9.53 Å². The Hall–Kier alpha value is -3.03. The molecule has 0 radical (unpaired) electrons. The molecular formula is C26H27ClN2O5. The first-order valence-electron chi connectivity index (χ1n) is 11.6. The average molecular weight is 483 g/mol. The minimum absolute atomic E-state index is 0.0719. The molecule has 3 aromatic rings. The van der Waals surface area contributed by atoms with Gasteiger partial charge >= 0.3 is 0 Å². The minimum atomic E-state index is -0.186. The van der Waals surface area contributed by atoms with Crippen LogP contribution >= 0.6 is 11.6 Å². The number of hydrogen-bond donors (Lipinski definition) is 0. The van der Waals surface area contributed by atoms with Gasteiger partial charge in [0.1, 0.15) is 17.4 Å². The van der Waals surface area contributed by atoms with Gasteiger partial charge in [-0.3, -0.25) is 9.59 Å². The summed E-state index contributed by atoms with van der Waals surface area (Å²) in [5, 5.41) is 1.38. The molecule has 5 rings (SSSR count). The lowest BCUT2D eigenvalue weighted by Crippen LogP contribution is -2.50. The van der Waals surface area contributed by atoms with Gasteiger partial charge in [0, 0.05) is 55.3 Å². The van der Waals surface area contributed by atoms with Crippen molar-refractivity contribution in [2.24, 2.45) is 5.92 Å². The number of fused-ring (bicyclic) bond motifs is 1. The maximum absolute atomic E-state index is 13.3. The number of para-hydroxylation sites is 1. The fourth-order valence-electron chi connectivity index (χ4n) is 4.66. The lowest BCUT2D eigenvalue weighted by molar-refractivity contribution is -0.137. The second kappa shape index (κ2) is 10.1. The molecule has 0 bridgehead atoms. The summed E-state index contributed by atoms with van der Waals surface area (Å²) in [6.07, 6.45) is 0.788. The molecule has 1 aromatic heterocycles. The van der Waals surface area contributed by atoms with E-state index in [0.717, 1.165) is 11.1 Å². The number of amides is 2. The lowest BCUT2D eigenvalue weighted by atomic mass is 9.90. The SMILES string of the molecule is O=C(C[C@H]1CN(C(=O)c2cc3cc(Cl)ccc3o2)CC[C@@H]1Oc1ccccc1)N1CCOCC1. The Morgan fingerprint density at radius 1 is 1.00 bits per heavy atom. The predicted molar refractivity (Wildman–Crippen MR) is 128 cm³/mol. The van der Waals surface area contributed by atoms with E-state index >= 15 is 0 Å². The number of halogens is 1. The van der Waals surface area contributed by atoms with Crippen LogP contribution in [-0.4, -0.2) is 67.1 Å². The maximum atomic E-state index is 13.3. The molecule has 0 aliphatic carbocycles. The third-order valence-electron chi connectivity index (χ3n) is 6.47. The van der Waals surface area contributed by atoms with E-state index in [4.69, 9.17) is 25.5 Å². The Morgan fingerprint density at radius 2 is 1.79 bits per heavy atom. The van der Waals surface area contributed by atoms with Gasteiger partial charge in [-0.05, 0) is 36.4 Å². The molecule has 8 heteroatoms. The molecule has 0 saturated carbocycles. The smallest absolute Gasteiger partial charge is 0.289 e. The van der Waals surface area contributed by atoms with Gasteiger partial charge < -0.3 is 23.7 Å². The third-order valence-corrected chi connectivity index (χ3v) is 6.71. The number of benzene rings is 2. The molecule has 34 heavy (non-hydrogen) atoms. The topological polar surface area (TPSA) is 72.2 Å². The Bertz CT molecular complexity index is 1160. The number of nitrogens with zero attached hydrogens (tertiary/aromatic N) is 2. The highest BCUT2D eigenvalue weighted by molar-refractivity contribution is 6.31. The quantitative estimate of drug-likeness (QED) is 0.543. The van der Waals surface area contributed by atoms with Gasteiger partial charge in [0.15, 0.2) is 5.76 Å². The fourth-order valence-corrected chi connectivity index (χ4v) is 4.84. The van der Waals surface area contributed by atoms with Crippen LogP contribution in [0.2, 0.25) is 5.02 Å². The van der Waals surface area contributed by atoms with Gasteiger partial charge in [-0.15, -0.1) is 0 Å². The number of carbonyl (C=O) groups is 2. The standard InChI is InChI=1S/C26H27ClN2O5/c27-20-6-7-22-18(14-20)15-24(34-22)26(31)29-9-8-23(33-21-4-2-1-3-5-21)19(17-29)16-25(30)28-10-12-32-13-11-28/h1-7,14-15,19,23H,8-13,16-17H2/t19-,23-/m0/s1. The highest BCUT2D eigenvalue weighted by Crippen LogP contribution is 2.29. The minimum Gasteiger partial charge on any atom is -0.490 e. The maximum Gasteiger partial charge on any atom is 0.289 e. The zero-order valence-electron chi connectivity index (χ0n) is 18.8. The van der Waals surface area contributed by atoms with Gasteiger partial charge in [-0.1, -0.05) is 29.8 Å². The molecule has 2 aliphatic rings. The van der Waals surface area contributed by atoms with Crippen molar-refractivity contribution in [1.29, 1.82) is 0 Å². The van der Waals surface area contributed by atoms with Crippen LogP contribution in [0.3, 0.4) is 0 Å². The van der Waals surface area contributed by atoms with Gasteiger partial charge in [0.25, 0.3) is 5.91 Å². The summed E-state index contributed by atoms with van der Waals surface area (Å²) in [5.74, 6) is 0.798. The summed E-state index contributed by atoms with van der Waals surface area (Å²) in [6.45, 7) is 3.25. The summed E-state index contributed by atoms with van der Waals surface area (Å²) >= 11 is 6.08. The molecule has 2 atom stereocenters. The Kier molecular flexibility index (Phi) is 6.74. The van der Waals surface area contributed by atoms with Gasteiger partial charge in [0.2, 0.25) is 5.91 Å². The van der Waals surface area contributed by atoms with E-state index in [0.29, 0.717) is 62.8 Å². The molecule has 0 unspecified atom stereocenters. The monoisotopic (exact) mass is 482 g/mol. The first-order valence-corrected chi connectivity index (χ1v) is 12.0. The van der Waals surface area contributed by atoms with Crippen molar-refractivity contribution in [3.63, 3.8) is 0 Å². The largest absolute Gasteiger partial charge is 0.490 e. The second-order valence-corrected chi connectivity index (χ2v) is 9.20. The first kappa shape index (κ1) is 22.7. The highest BCUT2D eigenvalue weighted by atomic mass is 35.5. The van der Waals surface area contributed by atoms with Gasteiger partial charge in [0.05, 0.1) is 13.2 Å². The van der Waals surface area contributed by atoms with Crippen LogP contribution < -0.4 is 4.74 Å². The zero-order chi connectivity index (χ0) is 23.5. The zero-order valence-corrected chi connectivity index (χ0v) is 19.6. The van der Waals surface area contributed by atoms with Gasteiger partial charge in [-0.25, -0.2) is 0 Å². The van der Waals surface area contributed by atoms with Crippen molar-refractivity contribution in [3.8, 4) is 5.75 Å². The summed E-state index contributed by atoms with van der Waals surface area (Å²) in [5.41, 5.74) is 0.620. The summed E-state index contributed by atoms with van der Waals surface area (Å²) in [6, 6.07) is 16.6. The molecule has 2 aromatic carbocycles. The number of rotatable bonds is 5. The van der Waals surface area contributed by atoms with E-state index in [1.807, 2.05) is 35.2 Å². The van der Waals surface area contributed by atoms with Gasteiger partial charge in [-0.2, -0.15) is 0 Å². The Balaban J connectivity index is 1.33. The molecular weight excluding hydrogens is 456 g/mol. The van der Waals surface area contributed by atoms with Crippen LogP contribution in [0.1, 0.15) is 23.4 Å². The molecule has 0 spiro atoms. The van der Waals surface area contributed by atoms with Crippen LogP contribution in [0.4, 0.5) is 0 Å². The van der Waals surface area contributed by atoms with Crippen molar-refractivity contribution < 1.29 is 23.5 Å². The van der Waals surface area contributed by atoms with Crippen LogP contribution in [0.5, 0.6) is 5.75 Å². The first-order chi connectivity index (χ1) is 16.6. The number of piperidine rings is 1. The Morgan fingerprint density at radius 3 is 2.59 bits per heavy atom. The molecule has 2 aliphatic heterocycles. The number of hydrogen-bond acceptors (Lipinski definition) is 5. The number of morpholine rings is 1. The fraction of sp³-hybridized carbons (Fsp3) is 0.385. The van der Waals surface area contributed by atoms with Crippen molar-refractivity contribution in [2.75, 3.05) is 39.4 Å². The van der Waals surface area contributed by atoms with E-state index in [2.05, 4.69) is 0 Å². The second-order valence-electron chi connectivity index (χ2n) is 8.76. The average Bonchev–Trinajstić information content (AvgIpc) is 3.29. The molecule has 2 fully saturated rings.